The summed E-state index contributed by atoms with van der Waals surface area (Å²) < 4.78 is 42.8. The second-order valence-electron chi connectivity index (χ2n) is 5.89. The van der Waals surface area contributed by atoms with Crippen molar-refractivity contribution in [1.82, 2.24) is 4.57 Å². The van der Waals surface area contributed by atoms with Gasteiger partial charge in [0.1, 0.15) is 11.9 Å². The number of aryl methyl sites for hydroxylation is 2. The van der Waals surface area contributed by atoms with Crippen molar-refractivity contribution in [3.8, 4) is 5.75 Å². The predicted molar refractivity (Wildman–Crippen MR) is 94.9 cm³/mol. The highest BCUT2D eigenvalue weighted by atomic mass is 35.5. The lowest BCUT2D eigenvalue weighted by Gasteiger charge is -2.17. The van der Waals surface area contributed by atoms with Crippen molar-refractivity contribution in [2.75, 3.05) is 0 Å². The highest BCUT2D eigenvalue weighted by molar-refractivity contribution is 6.36. The molecular formula is C18H14Cl2F3NO2. The minimum Gasteiger partial charge on any atom is -0.406 e. The van der Waals surface area contributed by atoms with E-state index in [-0.39, 0.29) is 5.75 Å². The summed E-state index contributed by atoms with van der Waals surface area (Å²) in [6, 6.07) is 9.03. The molecule has 138 valence electrons. The second kappa shape index (κ2) is 6.68. The lowest BCUT2D eigenvalue weighted by atomic mass is 10.0. The molecule has 0 saturated carbocycles. The molecule has 0 radical (unpaired) electrons. The van der Waals surface area contributed by atoms with Crippen molar-refractivity contribution in [3.63, 3.8) is 0 Å². The molecule has 1 atom stereocenters. The largest absolute Gasteiger partial charge is 0.573 e. The molecule has 0 aliphatic rings. The van der Waals surface area contributed by atoms with E-state index in [4.69, 9.17) is 23.2 Å². The number of hydrogen-bond acceptors (Lipinski definition) is 2. The Hall–Kier alpha value is -1.89. The molecule has 0 bridgehead atoms. The number of alkyl halides is 3. The van der Waals surface area contributed by atoms with Crippen molar-refractivity contribution in [2.24, 2.45) is 7.05 Å². The van der Waals surface area contributed by atoms with Gasteiger partial charge >= 0.3 is 6.36 Å². The van der Waals surface area contributed by atoms with Crippen LogP contribution in [-0.4, -0.2) is 16.0 Å². The first-order valence-electron chi connectivity index (χ1n) is 7.56. The third kappa shape index (κ3) is 3.49. The van der Waals surface area contributed by atoms with E-state index < -0.39 is 12.5 Å². The second-order valence-corrected chi connectivity index (χ2v) is 6.68. The number of rotatable bonds is 3. The fourth-order valence-corrected chi connectivity index (χ4v) is 3.44. The summed E-state index contributed by atoms with van der Waals surface area (Å²) in [6.07, 6.45) is -5.91. The van der Waals surface area contributed by atoms with Crippen LogP contribution in [0.3, 0.4) is 0 Å². The SMILES string of the molecule is Cc1ccc(Cl)c(C(O)c2cc3ccc(OC(F)(F)F)cc3n2C)c1Cl. The molecule has 1 heterocycles. The topological polar surface area (TPSA) is 34.4 Å². The number of benzene rings is 2. The maximum Gasteiger partial charge on any atom is 0.573 e. The minimum atomic E-state index is -4.77. The molecular weight excluding hydrogens is 390 g/mol. The van der Waals surface area contributed by atoms with Gasteiger partial charge in [-0.15, -0.1) is 13.2 Å². The van der Waals surface area contributed by atoms with Crippen molar-refractivity contribution in [3.05, 3.63) is 63.3 Å². The van der Waals surface area contributed by atoms with E-state index in [0.29, 0.717) is 32.2 Å². The number of aliphatic hydroxyl groups is 1. The Labute approximate surface area is 157 Å². The van der Waals surface area contributed by atoms with Crippen LogP contribution in [0.4, 0.5) is 13.2 Å². The molecule has 0 saturated heterocycles. The molecule has 0 aliphatic carbocycles. The van der Waals surface area contributed by atoms with E-state index >= 15 is 0 Å². The number of nitrogens with zero attached hydrogens (tertiary/aromatic N) is 1. The predicted octanol–water partition coefficient (Wildman–Crippen LogP) is 5.77. The van der Waals surface area contributed by atoms with Gasteiger partial charge in [0, 0.05) is 29.1 Å². The minimum absolute atomic E-state index is 0.305. The van der Waals surface area contributed by atoms with E-state index in [2.05, 4.69) is 4.74 Å². The van der Waals surface area contributed by atoms with Gasteiger partial charge in [-0.25, -0.2) is 0 Å². The van der Waals surface area contributed by atoms with Crippen LogP contribution in [0.1, 0.15) is 22.9 Å². The zero-order chi connectivity index (χ0) is 19.2. The van der Waals surface area contributed by atoms with Crippen molar-refractivity contribution in [1.29, 1.82) is 0 Å². The zero-order valence-electron chi connectivity index (χ0n) is 13.7. The third-order valence-electron chi connectivity index (χ3n) is 4.16. The summed E-state index contributed by atoms with van der Waals surface area (Å²) >= 11 is 12.5. The highest BCUT2D eigenvalue weighted by Crippen LogP contribution is 2.38. The molecule has 0 spiro atoms. The number of aliphatic hydroxyl groups excluding tert-OH is 1. The van der Waals surface area contributed by atoms with Crippen LogP contribution in [0.25, 0.3) is 10.9 Å². The Morgan fingerprint density at radius 2 is 1.81 bits per heavy atom. The molecule has 1 aromatic heterocycles. The van der Waals surface area contributed by atoms with Gasteiger partial charge in [-0.3, -0.25) is 0 Å². The number of ether oxygens (including phenoxy) is 1. The van der Waals surface area contributed by atoms with Gasteiger partial charge in [0.05, 0.1) is 16.2 Å². The fourth-order valence-electron chi connectivity index (χ4n) is 2.87. The van der Waals surface area contributed by atoms with Crippen molar-refractivity contribution >= 4 is 34.1 Å². The zero-order valence-corrected chi connectivity index (χ0v) is 15.2. The first kappa shape index (κ1) is 18.9. The highest BCUT2D eigenvalue weighted by Gasteiger charge is 2.31. The third-order valence-corrected chi connectivity index (χ3v) is 4.99. The van der Waals surface area contributed by atoms with Crippen LogP contribution in [0.2, 0.25) is 10.0 Å². The Morgan fingerprint density at radius 3 is 2.46 bits per heavy atom. The van der Waals surface area contributed by atoms with E-state index in [1.54, 1.807) is 36.7 Å². The smallest absolute Gasteiger partial charge is 0.406 e. The van der Waals surface area contributed by atoms with Gasteiger partial charge in [0.25, 0.3) is 0 Å². The maximum absolute atomic E-state index is 12.4. The maximum atomic E-state index is 12.4. The van der Waals surface area contributed by atoms with Crippen molar-refractivity contribution < 1.29 is 23.0 Å². The van der Waals surface area contributed by atoms with Gasteiger partial charge < -0.3 is 14.4 Å². The van der Waals surface area contributed by atoms with Gasteiger partial charge in [-0.05, 0) is 36.8 Å². The van der Waals surface area contributed by atoms with E-state index in [1.165, 1.54) is 18.2 Å². The van der Waals surface area contributed by atoms with Crippen LogP contribution in [0, 0.1) is 6.92 Å². The molecule has 26 heavy (non-hydrogen) atoms. The molecule has 8 heteroatoms. The van der Waals surface area contributed by atoms with Crippen LogP contribution in [0.15, 0.2) is 36.4 Å². The van der Waals surface area contributed by atoms with E-state index in [0.717, 1.165) is 5.56 Å². The first-order chi connectivity index (χ1) is 12.1. The summed E-state index contributed by atoms with van der Waals surface area (Å²) in [5, 5.41) is 12.1. The monoisotopic (exact) mass is 403 g/mol. The lowest BCUT2D eigenvalue weighted by Crippen LogP contribution is -2.17. The number of halogens is 5. The summed E-state index contributed by atoms with van der Waals surface area (Å²) in [4.78, 5) is 0. The number of aromatic nitrogens is 1. The molecule has 3 rings (SSSR count). The van der Waals surface area contributed by atoms with E-state index in [9.17, 15) is 18.3 Å². The average molecular weight is 404 g/mol. The van der Waals surface area contributed by atoms with Crippen LogP contribution >= 0.6 is 23.2 Å². The van der Waals surface area contributed by atoms with E-state index in [1.807, 2.05) is 0 Å². The Balaban J connectivity index is 2.09. The Bertz CT molecular complexity index is 983. The standard InChI is InChI=1S/C18H14Cl2F3NO2/c1-9-3-6-12(19)15(16(9)20)17(25)14-7-10-4-5-11(26-18(21,22)23)8-13(10)24(14)2/h3-8,17,25H,1-2H3. The van der Waals surface area contributed by atoms with Crippen molar-refractivity contribution in [2.45, 2.75) is 19.4 Å². The lowest BCUT2D eigenvalue weighted by molar-refractivity contribution is -0.274. The Kier molecular flexibility index (Phi) is 4.86. The average Bonchev–Trinajstić information content (AvgIpc) is 2.86. The summed E-state index contributed by atoms with van der Waals surface area (Å²) in [7, 11) is 1.63. The number of fused-ring (bicyclic) bond motifs is 1. The molecule has 1 N–H and O–H groups in total. The summed E-state index contributed by atoms with van der Waals surface area (Å²) in [5.41, 5.74) is 2.02. The van der Waals surface area contributed by atoms with Gasteiger partial charge in [0.2, 0.25) is 0 Å². The molecule has 3 aromatic rings. The fraction of sp³-hybridized carbons (Fsp3) is 0.222. The van der Waals surface area contributed by atoms with Gasteiger partial charge in [0.15, 0.2) is 0 Å². The Morgan fingerprint density at radius 1 is 1.12 bits per heavy atom. The first-order valence-corrected chi connectivity index (χ1v) is 8.32. The molecule has 3 nitrogen and oxygen atoms in total. The summed E-state index contributed by atoms with van der Waals surface area (Å²) in [5.74, 6) is -0.334. The molecule has 0 aliphatic heterocycles. The molecule has 1 unspecified atom stereocenters. The van der Waals surface area contributed by atoms with Crippen LogP contribution in [0.5, 0.6) is 5.75 Å². The van der Waals surface area contributed by atoms with Gasteiger partial charge in [-0.1, -0.05) is 29.3 Å². The molecule has 2 aromatic carbocycles. The number of hydrogen-bond donors (Lipinski definition) is 1. The quantitative estimate of drug-likeness (QED) is 0.601. The van der Waals surface area contributed by atoms with Gasteiger partial charge in [-0.2, -0.15) is 0 Å². The molecule has 0 amide bonds. The molecule has 0 fully saturated rings. The van der Waals surface area contributed by atoms with Crippen LogP contribution < -0.4 is 4.74 Å². The van der Waals surface area contributed by atoms with Crippen LogP contribution in [-0.2, 0) is 7.05 Å². The normalized spacial score (nSPS) is 13.2. The summed E-state index contributed by atoms with van der Waals surface area (Å²) in [6.45, 7) is 1.79.